The first-order valence-electron chi connectivity index (χ1n) is 12.3. The van der Waals surface area contributed by atoms with Gasteiger partial charge in [-0.15, -0.1) is 0 Å². The summed E-state index contributed by atoms with van der Waals surface area (Å²) >= 11 is 0. The number of rotatable bonds is 6. The second-order valence-corrected chi connectivity index (χ2v) is 9.93. The van der Waals surface area contributed by atoms with Crippen molar-refractivity contribution in [3.8, 4) is 0 Å². The minimum atomic E-state index is -0.271. The molecule has 10 heteroatoms. The summed E-state index contributed by atoms with van der Waals surface area (Å²) in [5.74, 6) is 1.41. The van der Waals surface area contributed by atoms with Gasteiger partial charge in [0.25, 0.3) is 12.9 Å². The molecule has 0 aliphatic carbocycles. The van der Waals surface area contributed by atoms with Gasteiger partial charge in [0, 0.05) is 56.7 Å². The number of carboxylic acid groups (broad SMARTS) is 2. The second-order valence-electron chi connectivity index (χ2n) is 9.93. The zero-order chi connectivity index (χ0) is 26.0. The van der Waals surface area contributed by atoms with Gasteiger partial charge in [0.2, 0.25) is 5.91 Å². The Bertz CT molecular complexity index is 825. The van der Waals surface area contributed by atoms with Crippen LogP contribution in [0.4, 0.5) is 0 Å². The number of aromatic nitrogens is 2. The number of aromatic amines is 1. The van der Waals surface area contributed by atoms with E-state index in [0.29, 0.717) is 24.0 Å². The number of allylic oxidation sites excluding steroid dienone is 2. The maximum absolute atomic E-state index is 14.0. The number of fused-ring (bicyclic) bond motifs is 2. The standard InChI is InChI=1S/C23H37N5O.2CH2O2/c1-17(2)7-8-23(22(29)27-13-11-26(12-14-27)18(3)4)15-19-5-6-20(23)28(19)16-21-24-9-10-25-21;2*2-1-3/h7,9-10,18-20H,5-6,8,11-16H2,1-4H3,(H,24,25);2*1H,(H,2,3)/t19-,20+,23+;;/m0../s1. The molecule has 4 heterocycles. The summed E-state index contributed by atoms with van der Waals surface area (Å²) in [5, 5.41) is 13.8. The van der Waals surface area contributed by atoms with E-state index in [0.717, 1.165) is 57.8 Å². The van der Waals surface area contributed by atoms with Crippen LogP contribution in [0.25, 0.3) is 0 Å². The van der Waals surface area contributed by atoms with Gasteiger partial charge in [-0.2, -0.15) is 0 Å². The summed E-state index contributed by atoms with van der Waals surface area (Å²) < 4.78 is 0. The van der Waals surface area contributed by atoms with Gasteiger partial charge < -0.3 is 20.1 Å². The Balaban J connectivity index is 0.000000655. The van der Waals surface area contributed by atoms with Gasteiger partial charge in [-0.05, 0) is 53.4 Å². The van der Waals surface area contributed by atoms with Gasteiger partial charge in [0.15, 0.2) is 0 Å². The van der Waals surface area contributed by atoms with Gasteiger partial charge in [-0.1, -0.05) is 11.6 Å². The lowest BCUT2D eigenvalue weighted by Crippen LogP contribution is -2.57. The number of carbonyl (C=O) groups is 3. The highest BCUT2D eigenvalue weighted by atomic mass is 16.3. The summed E-state index contributed by atoms with van der Waals surface area (Å²) in [6.45, 7) is 12.8. The topological polar surface area (TPSA) is 130 Å². The number of nitrogens with one attached hydrogen (secondary N) is 1. The van der Waals surface area contributed by atoms with E-state index in [1.807, 2.05) is 12.4 Å². The molecule has 10 nitrogen and oxygen atoms in total. The van der Waals surface area contributed by atoms with E-state index in [4.69, 9.17) is 19.8 Å². The van der Waals surface area contributed by atoms with Crippen LogP contribution >= 0.6 is 0 Å². The molecular weight excluding hydrogens is 450 g/mol. The van der Waals surface area contributed by atoms with Gasteiger partial charge >= 0.3 is 0 Å². The van der Waals surface area contributed by atoms with Gasteiger partial charge in [0.1, 0.15) is 5.82 Å². The molecule has 3 atom stereocenters. The quantitative estimate of drug-likeness (QED) is 0.409. The van der Waals surface area contributed by atoms with Crippen LogP contribution in [0.3, 0.4) is 0 Å². The molecule has 0 saturated carbocycles. The van der Waals surface area contributed by atoms with Crippen molar-refractivity contribution in [2.24, 2.45) is 5.41 Å². The molecule has 0 spiro atoms. The molecule has 3 saturated heterocycles. The van der Waals surface area contributed by atoms with Crippen molar-refractivity contribution in [3.05, 3.63) is 29.9 Å². The van der Waals surface area contributed by atoms with Gasteiger partial charge in [-0.3, -0.25) is 24.2 Å². The molecule has 0 radical (unpaired) electrons. The summed E-state index contributed by atoms with van der Waals surface area (Å²) in [7, 11) is 0. The molecule has 1 aromatic heterocycles. The van der Waals surface area contributed by atoms with E-state index in [9.17, 15) is 4.79 Å². The van der Waals surface area contributed by atoms with Crippen molar-refractivity contribution >= 4 is 18.9 Å². The summed E-state index contributed by atoms with van der Waals surface area (Å²) in [6.07, 6.45) is 10.2. The summed E-state index contributed by atoms with van der Waals surface area (Å²) in [4.78, 5) is 45.6. The lowest BCUT2D eigenvalue weighted by molar-refractivity contribution is -0.146. The molecular formula is C25H41N5O5. The Morgan fingerprint density at radius 3 is 2.31 bits per heavy atom. The minimum Gasteiger partial charge on any atom is -0.483 e. The maximum atomic E-state index is 14.0. The van der Waals surface area contributed by atoms with Crippen LogP contribution in [0.15, 0.2) is 24.0 Å². The molecule has 0 unspecified atom stereocenters. The molecule has 3 N–H and O–H groups in total. The first-order valence-corrected chi connectivity index (χ1v) is 12.3. The van der Waals surface area contributed by atoms with Crippen molar-refractivity contribution in [3.63, 3.8) is 0 Å². The second kappa shape index (κ2) is 13.4. The molecule has 3 aliphatic heterocycles. The van der Waals surface area contributed by atoms with Gasteiger partial charge in [-0.25, -0.2) is 4.98 Å². The van der Waals surface area contributed by atoms with Crippen molar-refractivity contribution in [2.75, 3.05) is 26.2 Å². The minimum absolute atomic E-state index is 0.250. The fourth-order valence-electron chi connectivity index (χ4n) is 5.78. The average molecular weight is 492 g/mol. The van der Waals surface area contributed by atoms with Crippen LogP contribution < -0.4 is 0 Å². The van der Waals surface area contributed by atoms with Crippen LogP contribution in [0.2, 0.25) is 0 Å². The average Bonchev–Trinajstić information content (AvgIpc) is 3.55. The Morgan fingerprint density at radius 2 is 1.80 bits per heavy atom. The molecule has 1 aromatic rings. The van der Waals surface area contributed by atoms with Crippen molar-refractivity contribution in [1.29, 1.82) is 0 Å². The third-order valence-electron chi connectivity index (χ3n) is 7.40. The number of carbonyl (C=O) groups excluding carboxylic acids is 1. The Kier molecular flexibility index (Phi) is 10.9. The van der Waals surface area contributed by atoms with Crippen LogP contribution in [-0.2, 0) is 20.9 Å². The van der Waals surface area contributed by atoms with Crippen LogP contribution in [-0.4, -0.2) is 98.0 Å². The molecule has 3 fully saturated rings. The molecule has 0 aromatic carbocycles. The number of nitrogens with zero attached hydrogens (tertiary/aromatic N) is 4. The molecule has 1 amide bonds. The number of piperazine rings is 1. The lowest BCUT2D eigenvalue weighted by atomic mass is 9.70. The third-order valence-corrected chi connectivity index (χ3v) is 7.40. The fourth-order valence-corrected chi connectivity index (χ4v) is 5.78. The third kappa shape index (κ3) is 6.91. The van der Waals surface area contributed by atoms with E-state index in [-0.39, 0.29) is 18.4 Å². The van der Waals surface area contributed by atoms with Crippen molar-refractivity contribution < 1.29 is 24.6 Å². The van der Waals surface area contributed by atoms with Gasteiger partial charge in [0.05, 0.1) is 12.0 Å². The number of hydrogen-bond acceptors (Lipinski definition) is 6. The SMILES string of the molecule is CC(C)=CC[C@@]1(C(=O)N2CCN(C(C)C)CC2)C[C@@H]2CC[C@H]1N2Cc1ncc[nH]1.O=CO.O=CO. The number of amides is 1. The zero-order valence-corrected chi connectivity index (χ0v) is 21.4. The van der Waals surface area contributed by atoms with Crippen molar-refractivity contribution in [1.82, 2.24) is 24.7 Å². The largest absolute Gasteiger partial charge is 0.483 e. The van der Waals surface area contributed by atoms with Crippen LogP contribution in [0.5, 0.6) is 0 Å². The molecule has 196 valence electrons. The van der Waals surface area contributed by atoms with E-state index in [1.54, 1.807) is 0 Å². The normalized spacial score (nSPS) is 25.8. The predicted octanol–water partition coefficient (Wildman–Crippen LogP) is 2.44. The number of imidazole rings is 1. The highest BCUT2D eigenvalue weighted by Crippen LogP contribution is 2.53. The van der Waals surface area contributed by atoms with E-state index < -0.39 is 0 Å². The summed E-state index contributed by atoms with van der Waals surface area (Å²) in [6, 6.07) is 1.37. The Morgan fingerprint density at radius 1 is 1.17 bits per heavy atom. The number of H-pyrrole nitrogens is 1. The first kappa shape index (κ1) is 28.5. The monoisotopic (exact) mass is 491 g/mol. The van der Waals surface area contributed by atoms with E-state index >= 15 is 0 Å². The Labute approximate surface area is 208 Å². The Hall–Kier alpha value is -2.72. The maximum Gasteiger partial charge on any atom is 0.290 e. The lowest BCUT2D eigenvalue weighted by Gasteiger charge is -2.43. The molecule has 35 heavy (non-hydrogen) atoms. The molecule has 4 rings (SSSR count). The van der Waals surface area contributed by atoms with Crippen LogP contribution in [0, 0.1) is 5.41 Å². The van der Waals surface area contributed by atoms with Crippen LogP contribution in [0.1, 0.15) is 59.2 Å². The predicted molar refractivity (Wildman–Crippen MR) is 133 cm³/mol. The first-order chi connectivity index (χ1) is 16.7. The highest BCUT2D eigenvalue weighted by Gasteiger charge is 2.60. The highest BCUT2D eigenvalue weighted by molar-refractivity contribution is 5.85. The van der Waals surface area contributed by atoms with E-state index in [1.165, 1.54) is 12.0 Å². The van der Waals surface area contributed by atoms with Crippen molar-refractivity contribution in [2.45, 2.75) is 78.0 Å². The molecule has 2 bridgehead atoms. The molecule has 3 aliphatic rings. The number of hydrogen-bond donors (Lipinski definition) is 3. The van der Waals surface area contributed by atoms with E-state index in [2.05, 4.69) is 58.4 Å². The smallest absolute Gasteiger partial charge is 0.290 e. The fraction of sp³-hybridized carbons (Fsp3) is 0.680. The summed E-state index contributed by atoms with van der Waals surface area (Å²) in [5.41, 5.74) is 1.04. The zero-order valence-electron chi connectivity index (χ0n) is 21.4.